The number of hydrogen-bond acceptors (Lipinski definition) is 3. The van der Waals surface area contributed by atoms with Gasteiger partial charge in [0.15, 0.2) is 5.69 Å². The number of rotatable bonds is 5. The molecule has 0 aliphatic carbocycles. The molecular weight excluding hydrogens is 445 g/mol. The van der Waals surface area contributed by atoms with Crippen LogP contribution in [0.15, 0.2) is 42.6 Å². The average Bonchev–Trinajstić information content (AvgIpc) is 3.15. The molecule has 0 unspecified atom stereocenters. The molecule has 0 aliphatic heterocycles. The second-order valence-electron chi connectivity index (χ2n) is 7.30. The number of amides is 2. The highest BCUT2D eigenvalue weighted by molar-refractivity contribution is 6.30. The molecule has 10 heteroatoms. The van der Waals surface area contributed by atoms with Gasteiger partial charge in [0.2, 0.25) is 5.91 Å². The van der Waals surface area contributed by atoms with E-state index in [1.54, 1.807) is 0 Å². The number of halogens is 4. The lowest BCUT2D eigenvalue weighted by Crippen LogP contribution is -2.34. The molecule has 0 atom stereocenters. The van der Waals surface area contributed by atoms with Crippen LogP contribution < -0.4 is 10.6 Å². The van der Waals surface area contributed by atoms with Crippen LogP contribution in [0.25, 0.3) is 5.69 Å². The summed E-state index contributed by atoms with van der Waals surface area (Å²) in [6.07, 6.45) is -4.06. The molecule has 0 saturated carbocycles. The quantitative estimate of drug-likeness (QED) is 0.567. The van der Waals surface area contributed by atoms with Crippen LogP contribution in [0, 0.1) is 20.8 Å². The van der Waals surface area contributed by atoms with Gasteiger partial charge in [0.1, 0.15) is 0 Å². The van der Waals surface area contributed by atoms with Crippen molar-refractivity contribution < 1.29 is 22.8 Å². The molecule has 3 aromatic rings. The molecule has 2 N–H and O–H groups in total. The minimum absolute atomic E-state index is 0.0481. The number of aromatic nitrogens is 2. The van der Waals surface area contributed by atoms with E-state index in [4.69, 9.17) is 11.6 Å². The van der Waals surface area contributed by atoms with Gasteiger partial charge in [-0.05, 0) is 50.1 Å². The number of anilines is 1. The van der Waals surface area contributed by atoms with E-state index in [-0.39, 0.29) is 10.7 Å². The molecule has 2 amide bonds. The van der Waals surface area contributed by atoms with Crippen molar-refractivity contribution in [1.82, 2.24) is 15.1 Å². The number of alkyl halides is 3. The second kappa shape index (κ2) is 9.04. The Labute approximate surface area is 187 Å². The van der Waals surface area contributed by atoms with Crippen molar-refractivity contribution in [3.8, 4) is 5.69 Å². The van der Waals surface area contributed by atoms with Gasteiger partial charge < -0.3 is 10.6 Å². The SMILES string of the molecule is Cc1cc(C)c(NC(=O)CNC(=O)c2cnn(-c3cccc(Cl)c3)c2C(F)(F)F)c(C)c1. The van der Waals surface area contributed by atoms with E-state index in [2.05, 4.69) is 15.7 Å². The minimum atomic E-state index is -4.87. The van der Waals surface area contributed by atoms with Gasteiger partial charge in [-0.1, -0.05) is 35.4 Å². The lowest BCUT2D eigenvalue weighted by molar-refractivity contribution is -0.143. The third-order valence-electron chi connectivity index (χ3n) is 4.69. The molecule has 0 spiro atoms. The zero-order chi connectivity index (χ0) is 23.6. The summed E-state index contributed by atoms with van der Waals surface area (Å²) in [5, 5.41) is 8.85. The zero-order valence-corrected chi connectivity index (χ0v) is 18.2. The topological polar surface area (TPSA) is 76.0 Å². The summed E-state index contributed by atoms with van der Waals surface area (Å²) < 4.78 is 41.8. The maximum atomic E-state index is 13.7. The number of carbonyl (C=O) groups excluding carboxylic acids is 2. The largest absolute Gasteiger partial charge is 0.434 e. The number of nitrogens with one attached hydrogen (secondary N) is 2. The van der Waals surface area contributed by atoms with Crippen molar-refractivity contribution in [2.24, 2.45) is 0 Å². The van der Waals surface area contributed by atoms with Gasteiger partial charge in [0, 0.05) is 10.7 Å². The fourth-order valence-corrected chi connectivity index (χ4v) is 3.59. The van der Waals surface area contributed by atoms with E-state index in [9.17, 15) is 22.8 Å². The first-order valence-electron chi connectivity index (χ1n) is 9.54. The highest BCUT2D eigenvalue weighted by Gasteiger charge is 2.40. The van der Waals surface area contributed by atoms with Crippen molar-refractivity contribution in [2.45, 2.75) is 26.9 Å². The average molecular weight is 465 g/mol. The maximum Gasteiger partial charge on any atom is 0.434 e. The molecular formula is C22H20ClF3N4O2. The first kappa shape index (κ1) is 23.3. The van der Waals surface area contributed by atoms with Crippen LogP contribution in [0.1, 0.15) is 32.7 Å². The lowest BCUT2D eigenvalue weighted by Gasteiger charge is -2.14. The maximum absolute atomic E-state index is 13.7. The predicted octanol–water partition coefficient (Wildman–Crippen LogP) is 4.84. The van der Waals surface area contributed by atoms with Crippen molar-refractivity contribution in [3.63, 3.8) is 0 Å². The second-order valence-corrected chi connectivity index (χ2v) is 7.74. The normalized spacial score (nSPS) is 11.3. The van der Waals surface area contributed by atoms with Crippen LogP contribution in [0.5, 0.6) is 0 Å². The first-order valence-corrected chi connectivity index (χ1v) is 9.92. The van der Waals surface area contributed by atoms with Gasteiger partial charge >= 0.3 is 6.18 Å². The van der Waals surface area contributed by atoms with Gasteiger partial charge in [0.25, 0.3) is 5.91 Å². The molecule has 32 heavy (non-hydrogen) atoms. The summed E-state index contributed by atoms with van der Waals surface area (Å²) in [5.74, 6) is -1.64. The number of carbonyl (C=O) groups is 2. The molecule has 1 aromatic heterocycles. The molecule has 168 valence electrons. The standard InChI is InChI=1S/C22H20ClF3N4O2/c1-12-7-13(2)19(14(3)8-12)29-18(31)11-27-21(32)17-10-28-30(20(17)22(24,25)26)16-6-4-5-15(23)9-16/h4-10H,11H2,1-3H3,(H,27,32)(H,29,31). The molecule has 0 fully saturated rings. The fraction of sp³-hybridized carbons (Fsp3) is 0.227. The van der Waals surface area contributed by atoms with Gasteiger partial charge in [-0.2, -0.15) is 18.3 Å². The highest BCUT2D eigenvalue weighted by Crippen LogP contribution is 2.34. The molecule has 0 saturated heterocycles. The summed E-state index contributed by atoms with van der Waals surface area (Å²) in [4.78, 5) is 24.8. The molecule has 3 rings (SSSR count). The minimum Gasteiger partial charge on any atom is -0.343 e. The van der Waals surface area contributed by atoms with E-state index in [1.807, 2.05) is 32.9 Å². The van der Waals surface area contributed by atoms with E-state index in [1.165, 1.54) is 24.3 Å². The zero-order valence-electron chi connectivity index (χ0n) is 17.5. The number of benzene rings is 2. The van der Waals surface area contributed by atoms with Gasteiger partial charge in [-0.3, -0.25) is 9.59 Å². The van der Waals surface area contributed by atoms with Crippen LogP contribution in [0.3, 0.4) is 0 Å². The van der Waals surface area contributed by atoms with E-state index in [0.717, 1.165) is 22.9 Å². The van der Waals surface area contributed by atoms with Crippen LogP contribution in [0.4, 0.5) is 18.9 Å². The van der Waals surface area contributed by atoms with Crippen molar-refractivity contribution in [3.05, 3.63) is 75.6 Å². The summed E-state index contributed by atoms with van der Waals surface area (Å²) in [6, 6.07) is 9.44. The third-order valence-corrected chi connectivity index (χ3v) is 4.92. The van der Waals surface area contributed by atoms with Gasteiger partial charge in [0.05, 0.1) is 24.0 Å². The summed E-state index contributed by atoms with van der Waals surface area (Å²) >= 11 is 5.87. The van der Waals surface area contributed by atoms with E-state index >= 15 is 0 Å². The monoisotopic (exact) mass is 464 g/mol. The molecule has 1 heterocycles. The Morgan fingerprint density at radius 1 is 1.09 bits per heavy atom. The molecule has 0 radical (unpaired) electrons. The Balaban J connectivity index is 1.79. The lowest BCUT2D eigenvalue weighted by atomic mass is 10.1. The Bertz CT molecular complexity index is 1170. The van der Waals surface area contributed by atoms with Crippen LogP contribution in [0.2, 0.25) is 5.02 Å². The summed E-state index contributed by atoms with van der Waals surface area (Å²) in [5.41, 5.74) is 1.39. The number of nitrogens with zero attached hydrogens (tertiary/aromatic N) is 2. The van der Waals surface area contributed by atoms with Crippen molar-refractivity contribution >= 4 is 29.1 Å². The van der Waals surface area contributed by atoms with E-state index in [0.29, 0.717) is 10.4 Å². The highest BCUT2D eigenvalue weighted by atomic mass is 35.5. The van der Waals surface area contributed by atoms with Crippen molar-refractivity contribution in [1.29, 1.82) is 0 Å². The van der Waals surface area contributed by atoms with Gasteiger partial charge in [-0.15, -0.1) is 0 Å². The van der Waals surface area contributed by atoms with Crippen molar-refractivity contribution in [2.75, 3.05) is 11.9 Å². The Kier molecular flexibility index (Phi) is 6.59. The smallest absolute Gasteiger partial charge is 0.343 e. The Morgan fingerprint density at radius 2 is 1.75 bits per heavy atom. The Morgan fingerprint density at radius 3 is 2.34 bits per heavy atom. The molecule has 0 aliphatic rings. The summed E-state index contributed by atoms with van der Waals surface area (Å²) in [7, 11) is 0. The number of hydrogen-bond donors (Lipinski definition) is 2. The van der Waals surface area contributed by atoms with Crippen LogP contribution in [-0.4, -0.2) is 28.1 Å². The predicted molar refractivity (Wildman–Crippen MR) is 115 cm³/mol. The molecule has 6 nitrogen and oxygen atoms in total. The fourth-order valence-electron chi connectivity index (χ4n) is 3.41. The van der Waals surface area contributed by atoms with Gasteiger partial charge in [-0.25, -0.2) is 4.68 Å². The third kappa shape index (κ3) is 5.11. The Hall–Kier alpha value is -3.33. The van der Waals surface area contributed by atoms with Crippen LogP contribution >= 0.6 is 11.6 Å². The molecule has 0 bridgehead atoms. The van der Waals surface area contributed by atoms with Crippen LogP contribution in [-0.2, 0) is 11.0 Å². The summed E-state index contributed by atoms with van der Waals surface area (Å²) in [6.45, 7) is 5.07. The van der Waals surface area contributed by atoms with E-state index < -0.39 is 35.8 Å². The number of aryl methyl sites for hydroxylation is 3. The molecule has 2 aromatic carbocycles. The first-order chi connectivity index (χ1) is 15.0.